The van der Waals surface area contributed by atoms with Crippen LogP contribution in [-0.2, 0) is 14.3 Å². The minimum absolute atomic E-state index is 0.157. The largest absolute Gasteiger partial charge is 0.466 e. The van der Waals surface area contributed by atoms with Crippen molar-refractivity contribution in [3.05, 3.63) is 65.1 Å². The van der Waals surface area contributed by atoms with Gasteiger partial charge in [-0.1, -0.05) is 54.6 Å². The molecule has 0 bridgehead atoms. The van der Waals surface area contributed by atoms with Gasteiger partial charge in [-0.15, -0.1) is 0 Å². The topological polar surface area (TPSA) is 59.0 Å². The molecule has 0 saturated carbocycles. The molecule has 0 spiro atoms. The van der Waals surface area contributed by atoms with E-state index in [1.807, 2.05) is 48.2 Å². The molecular formula is C24H24N2O3S. The van der Waals surface area contributed by atoms with E-state index in [9.17, 15) is 9.59 Å². The summed E-state index contributed by atoms with van der Waals surface area (Å²) in [5.74, 6) is -0.539. The van der Waals surface area contributed by atoms with Gasteiger partial charge in [0, 0.05) is 13.1 Å². The Morgan fingerprint density at radius 2 is 1.90 bits per heavy atom. The SMILES string of the molecule is CCOC(=O)C1CCCN(C2=NC(=O)C(=Cc3ccc(-c4ccccc4)cc3)S2)C1. The van der Waals surface area contributed by atoms with Crippen LogP contribution in [0.5, 0.6) is 0 Å². The van der Waals surface area contributed by atoms with E-state index in [0.717, 1.165) is 36.1 Å². The highest BCUT2D eigenvalue weighted by atomic mass is 32.2. The molecular weight excluding hydrogens is 396 g/mol. The van der Waals surface area contributed by atoms with Crippen molar-refractivity contribution in [2.75, 3.05) is 19.7 Å². The molecule has 2 aliphatic heterocycles. The number of piperidine rings is 1. The first-order chi connectivity index (χ1) is 14.6. The molecule has 0 aromatic heterocycles. The Morgan fingerprint density at radius 1 is 1.17 bits per heavy atom. The molecule has 2 aromatic rings. The number of esters is 1. The molecule has 154 valence electrons. The second kappa shape index (κ2) is 9.30. The number of amides is 1. The lowest BCUT2D eigenvalue weighted by molar-refractivity contribution is -0.149. The van der Waals surface area contributed by atoms with E-state index in [-0.39, 0.29) is 17.8 Å². The summed E-state index contributed by atoms with van der Waals surface area (Å²) in [6, 6.07) is 18.3. The molecule has 0 radical (unpaired) electrons. The van der Waals surface area contributed by atoms with E-state index in [1.165, 1.54) is 11.8 Å². The van der Waals surface area contributed by atoms with Crippen LogP contribution in [0, 0.1) is 5.92 Å². The van der Waals surface area contributed by atoms with Gasteiger partial charge in [-0.05, 0) is 54.3 Å². The van der Waals surface area contributed by atoms with Crippen LogP contribution in [0.3, 0.4) is 0 Å². The number of aliphatic imine (C=N–C) groups is 1. The van der Waals surface area contributed by atoms with Crippen molar-refractivity contribution < 1.29 is 14.3 Å². The molecule has 1 saturated heterocycles. The first-order valence-electron chi connectivity index (χ1n) is 10.2. The van der Waals surface area contributed by atoms with Gasteiger partial charge in [-0.2, -0.15) is 4.99 Å². The highest BCUT2D eigenvalue weighted by Gasteiger charge is 2.32. The average Bonchev–Trinajstić information content (AvgIpc) is 3.15. The summed E-state index contributed by atoms with van der Waals surface area (Å²) in [6.45, 7) is 3.56. The lowest BCUT2D eigenvalue weighted by Crippen LogP contribution is -2.41. The van der Waals surface area contributed by atoms with E-state index in [1.54, 1.807) is 0 Å². The number of rotatable bonds is 4. The maximum atomic E-state index is 12.4. The highest BCUT2D eigenvalue weighted by molar-refractivity contribution is 8.18. The summed E-state index contributed by atoms with van der Waals surface area (Å²) >= 11 is 1.38. The van der Waals surface area contributed by atoms with Crippen LogP contribution in [-0.4, -0.2) is 41.6 Å². The number of thioether (sulfide) groups is 1. The first kappa shape index (κ1) is 20.4. The average molecular weight is 421 g/mol. The standard InChI is InChI=1S/C24H24N2O3S/c1-2-29-23(28)20-9-6-14-26(16-20)24-25-22(27)21(30-24)15-17-10-12-19(13-11-17)18-7-4-3-5-8-18/h3-5,7-8,10-13,15,20H,2,6,9,14,16H2,1H3. The molecule has 0 N–H and O–H groups in total. The minimum atomic E-state index is -0.222. The number of benzene rings is 2. The van der Waals surface area contributed by atoms with Crippen LogP contribution in [0.1, 0.15) is 25.3 Å². The van der Waals surface area contributed by atoms with Crippen molar-refractivity contribution in [3.8, 4) is 11.1 Å². The maximum Gasteiger partial charge on any atom is 0.310 e. The fourth-order valence-electron chi connectivity index (χ4n) is 3.69. The zero-order valence-corrected chi connectivity index (χ0v) is 17.7. The second-order valence-electron chi connectivity index (χ2n) is 7.34. The smallest absolute Gasteiger partial charge is 0.310 e. The summed E-state index contributed by atoms with van der Waals surface area (Å²) in [7, 11) is 0. The number of hydrogen-bond acceptors (Lipinski definition) is 5. The zero-order valence-electron chi connectivity index (χ0n) is 16.9. The van der Waals surface area contributed by atoms with Crippen molar-refractivity contribution in [1.82, 2.24) is 4.90 Å². The Morgan fingerprint density at radius 3 is 2.63 bits per heavy atom. The molecule has 4 rings (SSSR count). The third-order valence-electron chi connectivity index (χ3n) is 5.24. The molecule has 1 fully saturated rings. The number of carbonyl (C=O) groups excluding carboxylic acids is 2. The number of amidine groups is 1. The van der Waals surface area contributed by atoms with Gasteiger partial charge in [0.1, 0.15) is 0 Å². The molecule has 0 aliphatic carbocycles. The number of likely N-dealkylation sites (tertiary alicyclic amines) is 1. The molecule has 2 heterocycles. The van der Waals surface area contributed by atoms with Crippen molar-refractivity contribution in [2.45, 2.75) is 19.8 Å². The van der Waals surface area contributed by atoms with Gasteiger partial charge in [-0.25, -0.2) is 0 Å². The normalized spacial score (nSPS) is 20.4. The fraction of sp³-hybridized carbons (Fsp3) is 0.292. The Balaban J connectivity index is 1.43. The predicted octanol–water partition coefficient (Wildman–Crippen LogP) is 4.60. The van der Waals surface area contributed by atoms with Gasteiger partial charge in [0.05, 0.1) is 17.4 Å². The van der Waals surface area contributed by atoms with Gasteiger partial charge in [0.2, 0.25) is 0 Å². The molecule has 6 heteroatoms. The van der Waals surface area contributed by atoms with Crippen molar-refractivity contribution in [3.63, 3.8) is 0 Å². The number of nitrogens with zero attached hydrogens (tertiary/aromatic N) is 2. The summed E-state index contributed by atoms with van der Waals surface area (Å²) in [5, 5.41) is 0.682. The maximum absolute atomic E-state index is 12.4. The van der Waals surface area contributed by atoms with Gasteiger partial charge in [0.15, 0.2) is 5.17 Å². The Bertz CT molecular complexity index is 983. The molecule has 5 nitrogen and oxygen atoms in total. The van der Waals surface area contributed by atoms with Gasteiger partial charge < -0.3 is 9.64 Å². The quantitative estimate of drug-likeness (QED) is 0.534. The van der Waals surface area contributed by atoms with Crippen LogP contribution in [0.2, 0.25) is 0 Å². The van der Waals surface area contributed by atoms with Crippen LogP contribution < -0.4 is 0 Å². The van der Waals surface area contributed by atoms with Crippen LogP contribution in [0.4, 0.5) is 0 Å². The molecule has 30 heavy (non-hydrogen) atoms. The minimum Gasteiger partial charge on any atom is -0.466 e. The third-order valence-corrected chi connectivity index (χ3v) is 6.28. The third kappa shape index (κ3) is 4.65. The van der Waals surface area contributed by atoms with E-state index in [4.69, 9.17) is 4.74 Å². The van der Waals surface area contributed by atoms with Crippen molar-refractivity contribution in [1.29, 1.82) is 0 Å². The van der Waals surface area contributed by atoms with Crippen molar-refractivity contribution >= 4 is 34.9 Å². The molecule has 1 unspecified atom stereocenters. The molecule has 1 atom stereocenters. The first-order valence-corrected chi connectivity index (χ1v) is 11.1. The second-order valence-corrected chi connectivity index (χ2v) is 8.34. The summed E-state index contributed by atoms with van der Waals surface area (Å²) < 4.78 is 5.16. The molecule has 2 aromatic carbocycles. The van der Waals surface area contributed by atoms with Crippen LogP contribution in [0.15, 0.2) is 64.5 Å². The lowest BCUT2D eigenvalue weighted by Gasteiger charge is -2.32. The monoisotopic (exact) mass is 420 g/mol. The summed E-state index contributed by atoms with van der Waals surface area (Å²) in [6.07, 6.45) is 3.58. The highest BCUT2D eigenvalue weighted by Crippen LogP contribution is 2.32. The summed E-state index contributed by atoms with van der Waals surface area (Å²) in [5.41, 5.74) is 3.26. The van der Waals surface area contributed by atoms with Gasteiger partial charge in [-0.3, -0.25) is 9.59 Å². The summed E-state index contributed by atoms with van der Waals surface area (Å²) in [4.78, 5) is 31.4. The Labute approximate surface area is 180 Å². The number of hydrogen-bond donors (Lipinski definition) is 0. The van der Waals surface area contributed by atoms with E-state index in [2.05, 4.69) is 29.3 Å². The number of ether oxygens (including phenoxy) is 1. The van der Waals surface area contributed by atoms with E-state index < -0.39 is 0 Å². The van der Waals surface area contributed by atoms with Gasteiger partial charge in [0.25, 0.3) is 5.91 Å². The predicted molar refractivity (Wildman–Crippen MR) is 121 cm³/mol. The fourth-order valence-corrected chi connectivity index (χ4v) is 4.64. The Kier molecular flexibility index (Phi) is 6.33. The van der Waals surface area contributed by atoms with E-state index >= 15 is 0 Å². The lowest BCUT2D eigenvalue weighted by atomic mass is 9.99. The molecule has 2 aliphatic rings. The molecule has 1 amide bonds. The van der Waals surface area contributed by atoms with E-state index in [0.29, 0.717) is 23.2 Å². The van der Waals surface area contributed by atoms with Gasteiger partial charge >= 0.3 is 5.97 Å². The zero-order chi connectivity index (χ0) is 20.9. The van der Waals surface area contributed by atoms with Crippen LogP contribution in [0.25, 0.3) is 17.2 Å². The van der Waals surface area contributed by atoms with Crippen LogP contribution >= 0.6 is 11.8 Å². The van der Waals surface area contributed by atoms with Crippen molar-refractivity contribution in [2.24, 2.45) is 10.9 Å². The Hall–Kier alpha value is -2.86. The number of carbonyl (C=O) groups is 2.